The molecule has 0 aliphatic rings. The summed E-state index contributed by atoms with van der Waals surface area (Å²) in [6.07, 6.45) is 0. The van der Waals surface area contributed by atoms with Gasteiger partial charge < -0.3 is 10.1 Å². The largest absolute Gasteiger partial charge is 0.462 e. The summed E-state index contributed by atoms with van der Waals surface area (Å²) in [7, 11) is -3.71. The molecule has 0 aliphatic carbocycles. The number of benzene rings is 3. The van der Waals surface area contributed by atoms with E-state index in [4.69, 9.17) is 4.74 Å². The van der Waals surface area contributed by atoms with Crippen LogP contribution in [-0.4, -0.2) is 26.9 Å². The molecule has 0 aliphatic heterocycles. The first-order valence-corrected chi connectivity index (χ1v) is 11.1. The van der Waals surface area contributed by atoms with E-state index in [1.165, 1.54) is 36.4 Å². The summed E-state index contributed by atoms with van der Waals surface area (Å²) >= 11 is 0. The summed E-state index contributed by atoms with van der Waals surface area (Å²) in [6.45, 7) is 3.71. The Kier molecular flexibility index (Phi) is 6.71. The predicted molar refractivity (Wildman–Crippen MR) is 119 cm³/mol. The summed E-state index contributed by atoms with van der Waals surface area (Å²) in [4.78, 5) is 24.8. The third-order valence-corrected chi connectivity index (χ3v) is 5.93. The molecule has 0 saturated carbocycles. The van der Waals surface area contributed by atoms with Gasteiger partial charge >= 0.3 is 5.97 Å². The van der Waals surface area contributed by atoms with Crippen molar-refractivity contribution in [3.05, 3.63) is 89.5 Å². The molecular formula is C23H22N2O5S. The third kappa shape index (κ3) is 5.29. The van der Waals surface area contributed by atoms with Crippen molar-refractivity contribution < 1.29 is 22.7 Å². The molecule has 0 heterocycles. The standard InChI is InChI=1S/C23H22N2O5S/c1-3-30-23(27)20-10-7-11-21(16(20)2)24-22(26)17-12-14-18(15-13-17)25-31(28,29)19-8-5-4-6-9-19/h4-15,25H,3H2,1-2H3,(H,24,26). The third-order valence-electron chi connectivity index (χ3n) is 4.53. The Morgan fingerprint density at radius 3 is 2.23 bits per heavy atom. The van der Waals surface area contributed by atoms with Gasteiger partial charge in [0.2, 0.25) is 0 Å². The van der Waals surface area contributed by atoms with Crippen molar-refractivity contribution in [3.63, 3.8) is 0 Å². The predicted octanol–water partition coefficient (Wildman–Crippen LogP) is 4.22. The second-order valence-electron chi connectivity index (χ2n) is 6.65. The molecule has 0 fully saturated rings. The molecule has 31 heavy (non-hydrogen) atoms. The molecule has 0 atom stereocenters. The molecule has 0 aromatic heterocycles. The maximum Gasteiger partial charge on any atom is 0.338 e. The smallest absolute Gasteiger partial charge is 0.338 e. The highest BCUT2D eigenvalue weighted by Crippen LogP contribution is 2.22. The summed E-state index contributed by atoms with van der Waals surface area (Å²) < 4.78 is 32.3. The SMILES string of the molecule is CCOC(=O)c1cccc(NC(=O)c2ccc(NS(=O)(=O)c3ccccc3)cc2)c1C. The van der Waals surface area contributed by atoms with Crippen LogP contribution in [0.5, 0.6) is 0 Å². The molecule has 3 aromatic rings. The van der Waals surface area contributed by atoms with E-state index in [1.54, 1.807) is 50.2 Å². The van der Waals surface area contributed by atoms with Crippen LogP contribution in [0.4, 0.5) is 11.4 Å². The number of sulfonamides is 1. The van der Waals surface area contributed by atoms with Crippen LogP contribution >= 0.6 is 0 Å². The summed E-state index contributed by atoms with van der Waals surface area (Å²) in [5.41, 5.74) is 2.14. The zero-order valence-corrected chi connectivity index (χ0v) is 17.9. The van der Waals surface area contributed by atoms with E-state index < -0.39 is 16.0 Å². The van der Waals surface area contributed by atoms with E-state index in [-0.39, 0.29) is 17.4 Å². The van der Waals surface area contributed by atoms with Gasteiger partial charge in [-0.15, -0.1) is 0 Å². The quantitative estimate of drug-likeness (QED) is 0.538. The van der Waals surface area contributed by atoms with Crippen molar-refractivity contribution in [3.8, 4) is 0 Å². The van der Waals surface area contributed by atoms with Gasteiger partial charge in [-0.1, -0.05) is 24.3 Å². The average molecular weight is 439 g/mol. The highest BCUT2D eigenvalue weighted by Gasteiger charge is 2.16. The fraction of sp³-hybridized carbons (Fsp3) is 0.130. The molecule has 3 rings (SSSR count). The van der Waals surface area contributed by atoms with E-state index in [0.29, 0.717) is 28.1 Å². The molecule has 2 N–H and O–H groups in total. The summed E-state index contributed by atoms with van der Waals surface area (Å²) in [5.74, 6) is -0.840. The second kappa shape index (κ2) is 9.44. The van der Waals surface area contributed by atoms with E-state index in [2.05, 4.69) is 10.0 Å². The van der Waals surface area contributed by atoms with Crippen molar-refractivity contribution in [2.24, 2.45) is 0 Å². The molecule has 0 spiro atoms. The number of esters is 1. The fourth-order valence-corrected chi connectivity index (χ4v) is 3.98. The number of hydrogen-bond donors (Lipinski definition) is 2. The molecule has 160 valence electrons. The number of nitrogens with one attached hydrogen (secondary N) is 2. The molecule has 0 saturated heterocycles. The van der Waals surface area contributed by atoms with Crippen LogP contribution in [0, 0.1) is 6.92 Å². The van der Waals surface area contributed by atoms with Crippen molar-refractivity contribution in [2.75, 3.05) is 16.6 Å². The molecule has 8 heteroatoms. The number of carbonyl (C=O) groups is 2. The summed E-state index contributed by atoms with van der Waals surface area (Å²) in [6, 6.07) is 19.1. The summed E-state index contributed by atoms with van der Waals surface area (Å²) in [5, 5.41) is 2.77. The highest BCUT2D eigenvalue weighted by molar-refractivity contribution is 7.92. The van der Waals surface area contributed by atoms with Gasteiger partial charge in [0.05, 0.1) is 17.1 Å². The molecule has 1 amide bonds. The zero-order chi connectivity index (χ0) is 22.4. The van der Waals surface area contributed by atoms with E-state index >= 15 is 0 Å². The molecule has 0 bridgehead atoms. The van der Waals surface area contributed by atoms with Gasteiger partial charge in [-0.3, -0.25) is 9.52 Å². The van der Waals surface area contributed by atoms with E-state index in [0.717, 1.165) is 0 Å². The Hall–Kier alpha value is -3.65. The van der Waals surface area contributed by atoms with Gasteiger partial charge in [-0.05, 0) is 67.9 Å². The molecule has 0 radical (unpaired) electrons. The first-order valence-electron chi connectivity index (χ1n) is 9.58. The maximum absolute atomic E-state index is 12.6. The number of hydrogen-bond acceptors (Lipinski definition) is 5. The topological polar surface area (TPSA) is 102 Å². The normalized spacial score (nSPS) is 10.9. The maximum atomic E-state index is 12.6. The lowest BCUT2D eigenvalue weighted by molar-refractivity contribution is 0.0525. The molecule has 0 unspecified atom stereocenters. The van der Waals surface area contributed by atoms with Crippen LogP contribution in [0.25, 0.3) is 0 Å². The van der Waals surface area contributed by atoms with Crippen LogP contribution in [0.2, 0.25) is 0 Å². The molecule has 3 aromatic carbocycles. The van der Waals surface area contributed by atoms with Gasteiger partial charge in [0.1, 0.15) is 0 Å². The first kappa shape index (κ1) is 22.0. The van der Waals surface area contributed by atoms with Crippen molar-refractivity contribution in [1.82, 2.24) is 0 Å². The Bertz CT molecular complexity index is 1190. The average Bonchev–Trinajstić information content (AvgIpc) is 2.76. The number of rotatable bonds is 7. The van der Waals surface area contributed by atoms with Crippen LogP contribution in [-0.2, 0) is 14.8 Å². The minimum absolute atomic E-state index is 0.147. The zero-order valence-electron chi connectivity index (χ0n) is 17.1. The van der Waals surface area contributed by atoms with Crippen LogP contribution in [0.3, 0.4) is 0 Å². The van der Waals surface area contributed by atoms with Gasteiger partial charge in [-0.25, -0.2) is 13.2 Å². The number of amides is 1. The van der Waals surface area contributed by atoms with E-state index in [9.17, 15) is 18.0 Å². The highest BCUT2D eigenvalue weighted by atomic mass is 32.2. The Morgan fingerprint density at radius 2 is 1.58 bits per heavy atom. The van der Waals surface area contributed by atoms with E-state index in [1.807, 2.05) is 0 Å². The Morgan fingerprint density at radius 1 is 0.903 bits per heavy atom. The van der Waals surface area contributed by atoms with Crippen molar-refractivity contribution in [2.45, 2.75) is 18.7 Å². The minimum Gasteiger partial charge on any atom is -0.462 e. The molecular weight excluding hydrogens is 416 g/mol. The first-order chi connectivity index (χ1) is 14.8. The van der Waals surface area contributed by atoms with Crippen LogP contribution in [0.15, 0.2) is 77.7 Å². The van der Waals surface area contributed by atoms with Crippen molar-refractivity contribution >= 4 is 33.3 Å². The Labute approximate surface area is 181 Å². The van der Waals surface area contributed by atoms with Crippen LogP contribution < -0.4 is 10.0 Å². The van der Waals surface area contributed by atoms with Crippen molar-refractivity contribution in [1.29, 1.82) is 0 Å². The second-order valence-corrected chi connectivity index (χ2v) is 8.33. The monoisotopic (exact) mass is 438 g/mol. The number of anilines is 2. The molecule has 7 nitrogen and oxygen atoms in total. The minimum atomic E-state index is -3.71. The number of carbonyl (C=O) groups excluding carboxylic acids is 2. The lowest BCUT2D eigenvalue weighted by Gasteiger charge is -2.12. The van der Waals surface area contributed by atoms with Gasteiger partial charge in [-0.2, -0.15) is 0 Å². The van der Waals surface area contributed by atoms with Gasteiger partial charge in [0.15, 0.2) is 0 Å². The van der Waals surface area contributed by atoms with Crippen LogP contribution in [0.1, 0.15) is 33.2 Å². The lowest BCUT2D eigenvalue weighted by Crippen LogP contribution is -2.15. The van der Waals surface area contributed by atoms with Gasteiger partial charge in [0, 0.05) is 16.9 Å². The fourth-order valence-electron chi connectivity index (χ4n) is 2.90. The lowest BCUT2D eigenvalue weighted by atomic mass is 10.1. The Balaban J connectivity index is 1.73. The number of ether oxygens (including phenoxy) is 1. The van der Waals surface area contributed by atoms with Gasteiger partial charge in [0.25, 0.3) is 15.9 Å².